The van der Waals surface area contributed by atoms with Gasteiger partial charge in [-0.25, -0.2) is 9.37 Å². The van der Waals surface area contributed by atoms with E-state index in [-0.39, 0.29) is 10.9 Å². The minimum Gasteiger partial charge on any atom is -0.382 e. The lowest BCUT2D eigenvalue weighted by Crippen LogP contribution is -2.37. The highest BCUT2D eigenvalue weighted by Gasteiger charge is 2.27. The third-order valence-corrected chi connectivity index (χ3v) is 8.44. The molecule has 1 amide bonds. The number of morpholine rings is 1. The number of nitrogens with zero attached hydrogens (tertiary/aromatic N) is 4. The Morgan fingerprint density at radius 3 is 2.77 bits per heavy atom. The molecule has 2 aromatic heterocycles. The number of hydrogen-bond acceptors (Lipinski definition) is 7. The molecule has 40 heavy (non-hydrogen) atoms. The number of pyridine rings is 1. The van der Waals surface area contributed by atoms with E-state index in [1.54, 1.807) is 18.7 Å². The number of amides is 1. The van der Waals surface area contributed by atoms with Gasteiger partial charge >= 0.3 is 0 Å². The molecule has 9 nitrogen and oxygen atoms in total. The lowest BCUT2D eigenvalue weighted by Gasteiger charge is -2.27. The molecule has 0 spiro atoms. The van der Waals surface area contributed by atoms with Gasteiger partial charge in [-0.1, -0.05) is 23.9 Å². The summed E-state index contributed by atoms with van der Waals surface area (Å²) >= 11 is 1.44. The Bertz CT molecular complexity index is 1580. The van der Waals surface area contributed by atoms with Crippen LogP contribution in [0.4, 0.5) is 10.1 Å². The van der Waals surface area contributed by atoms with Gasteiger partial charge in [-0.2, -0.15) is 0 Å². The standard InChI is InChI=1S/C29H31FN6O3S/c30-22-17-20-26-28(25(22)32-7-3-10-34-13-15-39-16-14-34)40-24-6-2-1-5-23(24)36(26)18-21(27(20)37)29(38)33-8-4-11-35-12-9-31-19-35/h1-2,5-6,9,12,17-19,32H,3-4,7-8,10-11,13-16H2,(H,33,38). The van der Waals surface area contributed by atoms with E-state index >= 15 is 4.39 Å². The zero-order chi connectivity index (χ0) is 27.5. The number of para-hydroxylation sites is 1. The summed E-state index contributed by atoms with van der Waals surface area (Å²) in [5.74, 6) is -0.966. The SMILES string of the molecule is O=C(NCCCn1ccnc1)c1cn2c3c(c(NCCCN4CCOCC4)c(F)cc3c1=O)Sc1ccccc1-2. The normalized spacial score (nSPS) is 14.7. The molecule has 6 rings (SSSR count). The first-order valence-corrected chi connectivity index (χ1v) is 14.4. The van der Waals surface area contributed by atoms with Gasteiger partial charge in [-0.15, -0.1) is 0 Å². The van der Waals surface area contributed by atoms with Crippen LogP contribution in [0.2, 0.25) is 0 Å². The minimum absolute atomic E-state index is 0.00611. The summed E-state index contributed by atoms with van der Waals surface area (Å²) in [4.78, 5) is 34.6. The topological polar surface area (TPSA) is 93.4 Å². The summed E-state index contributed by atoms with van der Waals surface area (Å²) in [5, 5.41) is 6.35. The van der Waals surface area contributed by atoms with Gasteiger partial charge in [0, 0.05) is 56.2 Å². The molecular weight excluding hydrogens is 531 g/mol. The van der Waals surface area contributed by atoms with Crippen LogP contribution in [0.15, 0.2) is 69.8 Å². The maximum absolute atomic E-state index is 15.6. The Hall–Kier alpha value is -3.67. The van der Waals surface area contributed by atoms with E-state index in [1.807, 2.05) is 39.6 Å². The van der Waals surface area contributed by atoms with Crippen LogP contribution < -0.4 is 16.1 Å². The number of imidazole rings is 1. The highest BCUT2D eigenvalue weighted by molar-refractivity contribution is 8.00. The van der Waals surface area contributed by atoms with Gasteiger partial charge in [0.15, 0.2) is 0 Å². The average Bonchev–Trinajstić information content (AvgIpc) is 3.50. The van der Waals surface area contributed by atoms with Crippen molar-refractivity contribution in [2.24, 2.45) is 0 Å². The van der Waals surface area contributed by atoms with Gasteiger partial charge in [0.2, 0.25) is 5.43 Å². The van der Waals surface area contributed by atoms with Crippen LogP contribution in [0, 0.1) is 5.82 Å². The van der Waals surface area contributed by atoms with Gasteiger partial charge in [-0.05, 0) is 37.6 Å². The van der Waals surface area contributed by atoms with E-state index < -0.39 is 17.2 Å². The second-order valence-electron chi connectivity index (χ2n) is 9.91. The quantitative estimate of drug-likeness (QED) is 0.251. The highest BCUT2D eigenvalue weighted by atomic mass is 32.2. The molecule has 2 aliphatic heterocycles. The van der Waals surface area contributed by atoms with Crippen molar-refractivity contribution >= 4 is 34.3 Å². The number of ether oxygens (including phenoxy) is 1. The van der Waals surface area contributed by atoms with Gasteiger partial charge in [0.25, 0.3) is 5.91 Å². The molecule has 2 aromatic carbocycles. The number of aromatic nitrogens is 3. The Labute approximate surface area is 235 Å². The van der Waals surface area contributed by atoms with Crippen LogP contribution in [0.5, 0.6) is 0 Å². The summed E-state index contributed by atoms with van der Waals surface area (Å²) < 4.78 is 24.8. The van der Waals surface area contributed by atoms with Gasteiger partial charge in [-0.3, -0.25) is 14.5 Å². The number of anilines is 1. The number of aryl methyl sites for hydroxylation is 1. The lowest BCUT2D eigenvalue weighted by molar-refractivity contribution is 0.0378. The Morgan fingerprint density at radius 1 is 1.12 bits per heavy atom. The van der Waals surface area contributed by atoms with Crippen LogP contribution in [0.3, 0.4) is 0 Å². The Kier molecular flexibility index (Phi) is 7.85. The maximum Gasteiger partial charge on any atom is 0.256 e. The van der Waals surface area contributed by atoms with Gasteiger partial charge in [0.05, 0.1) is 46.7 Å². The molecule has 208 valence electrons. The summed E-state index contributed by atoms with van der Waals surface area (Å²) in [7, 11) is 0. The molecule has 0 bridgehead atoms. The van der Waals surface area contributed by atoms with Crippen molar-refractivity contribution in [3.63, 3.8) is 0 Å². The van der Waals surface area contributed by atoms with Crippen molar-refractivity contribution in [2.75, 3.05) is 51.3 Å². The van der Waals surface area contributed by atoms with Crippen molar-refractivity contribution in [1.29, 1.82) is 0 Å². The Morgan fingerprint density at radius 2 is 1.95 bits per heavy atom. The molecule has 1 fully saturated rings. The summed E-state index contributed by atoms with van der Waals surface area (Å²) in [5.41, 5.74) is 1.37. The number of nitrogens with one attached hydrogen (secondary N) is 2. The van der Waals surface area contributed by atoms with E-state index in [0.29, 0.717) is 42.2 Å². The predicted molar refractivity (Wildman–Crippen MR) is 153 cm³/mol. The van der Waals surface area contributed by atoms with Crippen LogP contribution in [0.1, 0.15) is 23.2 Å². The zero-order valence-electron chi connectivity index (χ0n) is 22.1. The largest absolute Gasteiger partial charge is 0.382 e. The summed E-state index contributed by atoms with van der Waals surface area (Å²) in [6.45, 7) is 5.91. The highest BCUT2D eigenvalue weighted by Crippen LogP contribution is 2.46. The van der Waals surface area contributed by atoms with E-state index in [1.165, 1.54) is 17.8 Å². The molecule has 2 N–H and O–H groups in total. The number of benzene rings is 2. The van der Waals surface area contributed by atoms with Gasteiger partial charge < -0.3 is 24.5 Å². The van der Waals surface area contributed by atoms with Crippen LogP contribution in [0.25, 0.3) is 16.6 Å². The minimum atomic E-state index is -0.498. The van der Waals surface area contributed by atoms with Crippen LogP contribution in [-0.2, 0) is 11.3 Å². The average molecular weight is 563 g/mol. The zero-order valence-corrected chi connectivity index (χ0v) is 22.9. The lowest BCUT2D eigenvalue weighted by atomic mass is 10.1. The number of carbonyl (C=O) groups is 1. The molecule has 11 heteroatoms. The second-order valence-corrected chi connectivity index (χ2v) is 11.0. The number of fused-ring (bicyclic) bond motifs is 2. The predicted octanol–water partition coefficient (Wildman–Crippen LogP) is 3.75. The van der Waals surface area contributed by atoms with Crippen molar-refractivity contribution in [3.05, 3.63) is 76.9 Å². The van der Waals surface area contributed by atoms with Crippen molar-refractivity contribution in [3.8, 4) is 5.69 Å². The van der Waals surface area contributed by atoms with Crippen LogP contribution in [-0.4, -0.2) is 70.9 Å². The summed E-state index contributed by atoms with van der Waals surface area (Å²) in [6, 6.07) is 9.03. The number of hydrogen-bond donors (Lipinski definition) is 2. The Balaban J connectivity index is 1.28. The molecular formula is C29H31FN6O3S. The third kappa shape index (κ3) is 5.36. The van der Waals surface area contributed by atoms with E-state index in [4.69, 9.17) is 4.74 Å². The van der Waals surface area contributed by atoms with E-state index in [9.17, 15) is 9.59 Å². The smallest absolute Gasteiger partial charge is 0.256 e. The second kappa shape index (κ2) is 11.8. The molecule has 0 radical (unpaired) electrons. The van der Waals surface area contributed by atoms with Crippen LogP contribution >= 0.6 is 11.8 Å². The molecule has 0 unspecified atom stereocenters. The number of rotatable bonds is 10. The molecule has 4 aromatic rings. The summed E-state index contributed by atoms with van der Waals surface area (Å²) in [6.07, 6.45) is 8.41. The molecule has 1 saturated heterocycles. The fourth-order valence-electron chi connectivity index (χ4n) is 5.21. The first-order chi connectivity index (χ1) is 19.6. The van der Waals surface area contributed by atoms with E-state index in [0.717, 1.165) is 49.9 Å². The maximum atomic E-state index is 15.6. The first kappa shape index (κ1) is 26.5. The molecule has 2 aliphatic rings. The fraction of sp³-hybridized carbons (Fsp3) is 0.345. The van der Waals surface area contributed by atoms with Gasteiger partial charge in [0.1, 0.15) is 11.4 Å². The number of carbonyl (C=O) groups excluding carboxylic acids is 1. The van der Waals surface area contributed by atoms with E-state index in [2.05, 4.69) is 20.5 Å². The molecule has 0 aliphatic carbocycles. The van der Waals surface area contributed by atoms with Crippen molar-refractivity contribution < 1.29 is 13.9 Å². The van der Waals surface area contributed by atoms with Crippen molar-refractivity contribution in [1.82, 2.24) is 24.3 Å². The fourth-order valence-corrected chi connectivity index (χ4v) is 6.43. The monoisotopic (exact) mass is 562 g/mol. The molecule has 0 saturated carbocycles. The van der Waals surface area contributed by atoms with Crippen molar-refractivity contribution in [2.45, 2.75) is 29.2 Å². The first-order valence-electron chi connectivity index (χ1n) is 13.6. The third-order valence-electron chi connectivity index (χ3n) is 7.27. The molecule has 4 heterocycles. The molecule has 0 atom stereocenters. The number of halogens is 1.